The first kappa shape index (κ1) is 16.5. The van der Waals surface area contributed by atoms with Crippen LogP contribution in [-0.4, -0.2) is 35.1 Å². The molecule has 128 valence electrons. The lowest BCUT2D eigenvalue weighted by molar-refractivity contribution is -0.123. The molecular formula is C18H29N3O2. The summed E-state index contributed by atoms with van der Waals surface area (Å²) in [5.41, 5.74) is 2.21. The van der Waals surface area contributed by atoms with Crippen molar-refractivity contribution >= 4 is 5.91 Å². The highest BCUT2D eigenvalue weighted by molar-refractivity contribution is 5.76. The molecule has 5 nitrogen and oxygen atoms in total. The van der Waals surface area contributed by atoms with Crippen LogP contribution in [0.3, 0.4) is 0 Å². The number of likely N-dealkylation sites (tertiary alicyclic amines) is 1. The minimum atomic E-state index is 0.265. The molecule has 1 aliphatic heterocycles. The van der Waals surface area contributed by atoms with Gasteiger partial charge in [-0.15, -0.1) is 0 Å². The first-order valence-corrected chi connectivity index (χ1v) is 9.05. The van der Waals surface area contributed by atoms with Crippen LogP contribution < -0.4 is 5.32 Å². The summed E-state index contributed by atoms with van der Waals surface area (Å²) in [6.45, 7) is 6.94. The second-order valence-electron chi connectivity index (χ2n) is 7.28. The summed E-state index contributed by atoms with van der Waals surface area (Å²) < 4.78 is 5.24. The second-order valence-corrected chi connectivity index (χ2v) is 7.28. The van der Waals surface area contributed by atoms with Gasteiger partial charge in [-0.25, -0.2) is 0 Å². The molecule has 1 aromatic heterocycles. The average molecular weight is 319 g/mol. The molecule has 1 N–H and O–H groups in total. The zero-order valence-electron chi connectivity index (χ0n) is 14.4. The highest BCUT2D eigenvalue weighted by Gasteiger charge is 2.24. The van der Waals surface area contributed by atoms with Crippen LogP contribution in [0, 0.1) is 19.8 Å². The van der Waals surface area contributed by atoms with Crippen LogP contribution in [-0.2, 0) is 11.3 Å². The van der Waals surface area contributed by atoms with Crippen LogP contribution in [0.2, 0.25) is 0 Å². The Morgan fingerprint density at radius 2 is 1.91 bits per heavy atom. The number of aryl methyl sites for hydroxylation is 2. The second kappa shape index (κ2) is 7.47. The molecule has 0 unspecified atom stereocenters. The van der Waals surface area contributed by atoms with Crippen LogP contribution in [0.15, 0.2) is 4.52 Å². The standard InChI is InChI=1S/C18H29N3O2/c1-13-17(14(2)23-20-13)12-21-9-7-16(8-10-21)19-18(22)11-15-5-3-4-6-15/h15-16H,3-12H2,1-2H3,(H,19,22). The molecule has 0 bridgehead atoms. The zero-order valence-corrected chi connectivity index (χ0v) is 14.4. The quantitative estimate of drug-likeness (QED) is 0.906. The summed E-state index contributed by atoms with van der Waals surface area (Å²) in [6, 6.07) is 0.352. The van der Waals surface area contributed by atoms with Crippen molar-refractivity contribution in [2.24, 2.45) is 5.92 Å². The van der Waals surface area contributed by atoms with E-state index in [1.807, 2.05) is 13.8 Å². The largest absolute Gasteiger partial charge is 0.361 e. The smallest absolute Gasteiger partial charge is 0.220 e. The van der Waals surface area contributed by atoms with E-state index in [0.29, 0.717) is 12.0 Å². The fraction of sp³-hybridized carbons (Fsp3) is 0.778. The average Bonchev–Trinajstić information content (AvgIpc) is 3.14. The van der Waals surface area contributed by atoms with Gasteiger partial charge in [-0.1, -0.05) is 18.0 Å². The van der Waals surface area contributed by atoms with Crippen molar-refractivity contribution in [3.8, 4) is 0 Å². The van der Waals surface area contributed by atoms with Crippen LogP contribution in [0.5, 0.6) is 0 Å². The molecule has 0 atom stereocenters. The first-order valence-electron chi connectivity index (χ1n) is 9.05. The predicted octanol–water partition coefficient (Wildman–Crippen LogP) is 2.95. The van der Waals surface area contributed by atoms with Gasteiger partial charge in [0.25, 0.3) is 0 Å². The van der Waals surface area contributed by atoms with Crippen molar-refractivity contribution in [1.82, 2.24) is 15.4 Å². The van der Waals surface area contributed by atoms with Gasteiger partial charge in [0.15, 0.2) is 0 Å². The molecule has 23 heavy (non-hydrogen) atoms. The number of amides is 1. The van der Waals surface area contributed by atoms with E-state index in [4.69, 9.17) is 4.52 Å². The van der Waals surface area contributed by atoms with Gasteiger partial charge in [0.05, 0.1) is 5.69 Å². The molecule has 1 aliphatic carbocycles. The van der Waals surface area contributed by atoms with E-state index >= 15 is 0 Å². The van der Waals surface area contributed by atoms with Gasteiger partial charge in [0.2, 0.25) is 5.91 Å². The van der Waals surface area contributed by atoms with Gasteiger partial charge >= 0.3 is 0 Å². The Kier molecular flexibility index (Phi) is 5.36. The van der Waals surface area contributed by atoms with Crippen LogP contribution in [0.1, 0.15) is 62.0 Å². The SMILES string of the molecule is Cc1noc(C)c1CN1CCC(NC(=O)CC2CCCC2)CC1. The first-order chi connectivity index (χ1) is 11.1. The Hall–Kier alpha value is -1.36. The molecule has 0 aromatic carbocycles. The van der Waals surface area contributed by atoms with Crippen molar-refractivity contribution in [3.05, 3.63) is 17.0 Å². The molecule has 2 aliphatic rings. The van der Waals surface area contributed by atoms with Gasteiger partial charge in [-0.05, 0) is 45.4 Å². The predicted molar refractivity (Wildman–Crippen MR) is 89.0 cm³/mol. The summed E-state index contributed by atoms with van der Waals surface area (Å²) in [6.07, 6.45) is 7.90. The van der Waals surface area contributed by atoms with Crippen molar-refractivity contribution < 1.29 is 9.32 Å². The summed E-state index contributed by atoms with van der Waals surface area (Å²) in [5, 5.41) is 7.28. The number of aromatic nitrogens is 1. The number of rotatable bonds is 5. The molecule has 1 amide bonds. The molecule has 1 aromatic rings. The number of nitrogens with one attached hydrogen (secondary N) is 1. The third-order valence-corrected chi connectivity index (χ3v) is 5.46. The summed E-state index contributed by atoms with van der Waals surface area (Å²) in [7, 11) is 0. The van der Waals surface area contributed by atoms with Crippen molar-refractivity contribution in [2.45, 2.75) is 71.4 Å². The van der Waals surface area contributed by atoms with Crippen molar-refractivity contribution in [2.75, 3.05) is 13.1 Å². The lowest BCUT2D eigenvalue weighted by Gasteiger charge is -2.32. The minimum Gasteiger partial charge on any atom is -0.361 e. The van der Waals surface area contributed by atoms with Gasteiger partial charge in [-0.3, -0.25) is 9.69 Å². The van der Waals surface area contributed by atoms with E-state index in [0.717, 1.165) is 50.4 Å². The van der Waals surface area contributed by atoms with Gasteiger partial charge in [0, 0.05) is 37.7 Å². The molecule has 2 fully saturated rings. The number of carbonyl (C=O) groups is 1. The molecule has 0 radical (unpaired) electrons. The summed E-state index contributed by atoms with van der Waals surface area (Å²) in [4.78, 5) is 14.6. The third kappa shape index (κ3) is 4.34. The highest BCUT2D eigenvalue weighted by Crippen LogP contribution is 2.27. The monoisotopic (exact) mass is 319 g/mol. The lowest BCUT2D eigenvalue weighted by atomic mass is 10.0. The van der Waals surface area contributed by atoms with Gasteiger partial charge in [0.1, 0.15) is 5.76 Å². The van der Waals surface area contributed by atoms with Crippen LogP contribution >= 0.6 is 0 Å². The maximum absolute atomic E-state index is 12.1. The molecule has 1 saturated carbocycles. The molecular weight excluding hydrogens is 290 g/mol. The maximum atomic E-state index is 12.1. The fourth-order valence-electron chi connectivity index (χ4n) is 3.95. The van der Waals surface area contributed by atoms with Gasteiger partial charge in [-0.2, -0.15) is 0 Å². The Morgan fingerprint density at radius 1 is 1.22 bits per heavy atom. The highest BCUT2D eigenvalue weighted by atomic mass is 16.5. The fourth-order valence-corrected chi connectivity index (χ4v) is 3.95. The number of nitrogens with zero attached hydrogens (tertiary/aromatic N) is 2. The van der Waals surface area contributed by atoms with Crippen LogP contribution in [0.4, 0.5) is 0 Å². The topological polar surface area (TPSA) is 58.4 Å². The van der Waals surface area contributed by atoms with E-state index in [-0.39, 0.29) is 5.91 Å². The number of piperidine rings is 1. The Labute approximate surface area is 138 Å². The Bertz CT molecular complexity index is 507. The van der Waals surface area contributed by atoms with Crippen molar-refractivity contribution in [1.29, 1.82) is 0 Å². The van der Waals surface area contributed by atoms with E-state index in [2.05, 4.69) is 15.4 Å². The lowest BCUT2D eigenvalue weighted by Crippen LogP contribution is -2.44. The van der Waals surface area contributed by atoms with Crippen LogP contribution in [0.25, 0.3) is 0 Å². The maximum Gasteiger partial charge on any atom is 0.220 e. The molecule has 3 rings (SSSR count). The van der Waals surface area contributed by atoms with E-state index in [1.54, 1.807) is 0 Å². The third-order valence-electron chi connectivity index (χ3n) is 5.46. The Balaban J connectivity index is 1.40. The normalized spacial score (nSPS) is 21.0. The van der Waals surface area contributed by atoms with Crippen molar-refractivity contribution in [3.63, 3.8) is 0 Å². The zero-order chi connectivity index (χ0) is 16.2. The molecule has 5 heteroatoms. The molecule has 2 heterocycles. The molecule has 0 spiro atoms. The summed E-state index contributed by atoms with van der Waals surface area (Å²) in [5.74, 6) is 1.82. The van der Waals surface area contributed by atoms with E-state index in [1.165, 1.54) is 31.2 Å². The Morgan fingerprint density at radius 3 is 2.52 bits per heavy atom. The minimum absolute atomic E-state index is 0.265. The van der Waals surface area contributed by atoms with E-state index in [9.17, 15) is 4.79 Å². The van der Waals surface area contributed by atoms with E-state index < -0.39 is 0 Å². The number of carbonyl (C=O) groups excluding carboxylic acids is 1. The number of hydrogen-bond acceptors (Lipinski definition) is 4. The number of hydrogen-bond donors (Lipinski definition) is 1. The van der Waals surface area contributed by atoms with Gasteiger partial charge < -0.3 is 9.84 Å². The summed E-state index contributed by atoms with van der Waals surface area (Å²) >= 11 is 0. The molecule has 1 saturated heterocycles.